The summed E-state index contributed by atoms with van der Waals surface area (Å²) in [7, 11) is 0. The highest BCUT2D eigenvalue weighted by molar-refractivity contribution is 5.90. The Morgan fingerprint density at radius 2 is 1.80 bits per heavy atom. The van der Waals surface area contributed by atoms with Crippen LogP contribution < -0.4 is 5.32 Å². The number of hydrogen-bond donors (Lipinski definition) is 2. The number of carbonyl (C=O) groups excluding carboxylic acids is 1. The topological polar surface area (TPSA) is 52.6 Å². The number of rotatable bonds is 5. The van der Waals surface area contributed by atoms with Gasteiger partial charge in [0, 0.05) is 19.0 Å². The van der Waals surface area contributed by atoms with Crippen molar-refractivity contribution in [2.24, 2.45) is 0 Å². The summed E-state index contributed by atoms with van der Waals surface area (Å²) < 4.78 is 0. The number of nitrogens with one attached hydrogen (secondary N) is 1. The highest BCUT2D eigenvalue weighted by Crippen LogP contribution is 2.47. The molecule has 30 heavy (non-hydrogen) atoms. The molecule has 4 nitrogen and oxygen atoms in total. The molecule has 3 aliphatic rings. The Labute approximate surface area is 181 Å². The Bertz CT molecular complexity index is 771. The van der Waals surface area contributed by atoms with Crippen LogP contribution in [0.5, 0.6) is 5.75 Å². The van der Waals surface area contributed by atoms with E-state index in [1.165, 1.54) is 57.4 Å². The molecule has 1 amide bonds. The summed E-state index contributed by atoms with van der Waals surface area (Å²) in [5.41, 5.74) is 4.69. The second-order valence-electron chi connectivity index (χ2n) is 9.64. The molecule has 2 aliphatic carbocycles. The van der Waals surface area contributed by atoms with Gasteiger partial charge in [0.15, 0.2) is 0 Å². The first-order valence-electron chi connectivity index (χ1n) is 12.2. The lowest BCUT2D eigenvalue weighted by atomic mass is 9.81. The monoisotopic (exact) mass is 410 g/mol. The maximum atomic E-state index is 11.6. The van der Waals surface area contributed by atoms with E-state index in [0.29, 0.717) is 23.3 Å². The van der Waals surface area contributed by atoms with E-state index < -0.39 is 0 Å². The molecule has 1 saturated heterocycles. The smallest absolute Gasteiger partial charge is 0.221 e. The number of benzene rings is 1. The molecule has 0 unspecified atom stereocenters. The standard InChI is InChI=1S/C26H38N2O2/c1-19(29)27-24-13-12-23(25(26(24)30)22-10-6-7-11-22)21-14-16-28(17-15-21)18-20-8-4-2-3-5-9-20/h8,12-13,21-22,30H,2-7,9-11,14-18H2,1H3,(H,27,29). The number of anilines is 1. The zero-order valence-corrected chi connectivity index (χ0v) is 18.6. The van der Waals surface area contributed by atoms with E-state index in [1.807, 2.05) is 6.07 Å². The van der Waals surface area contributed by atoms with Crippen LogP contribution in [0.1, 0.15) is 101 Å². The predicted octanol–water partition coefficient (Wildman–Crippen LogP) is 6.08. The molecule has 0 atom stereocenters. The molecule has 0 spiro atoms. The number of hydrogen-bond acceptors (Lipinski definition) is 3. The van der Waals surface area contributed by atoms with E-state index in [9.17, 15) is 9.90 Å². The Hall–Kier alpha value is -1.81. The van der Waals surface area contributed by atoms with Crippen molar-refractivity contribution in [2.75, 3.05) is 25.0 Å². The van der Waals surface area contributed by atoms with Gasteiger partial charge in [-0.3, -0.25) is 9.69 Å². The van der Waals surface area contributed by atoms with Crippen molar-refractivity contribution < 1.29 is 9.90 Å². The SMILES string of the molecule is CC(=O)Nc1ccc(C2CCN(CC3=CCCCCC3)CC2)c(C2CCCC2)c1O. The van der Waals surface area contributed by atoms with Crippen LogP contribution in [0.25, 0.3) is 0 Å². The van der Waals surface area contributed by atoms with Gasteiger partial charge in [0.2, 0.25) is 5.91 Å². The van der Waals surface area contributed by atoms with Gasteiger partial charge in [-0.2, -0.15) is 0 Å². The van der Waals surface area contributed by atoms with Crippen molar-refractivity contribution in [2.45, 2.75) is 89.4 Å². The quantitative estimate of drug-likeness (QED) is 0.457. The molecule has 0 bridgehead atoms. The van der Waals surface area contributed by atoms with Crippen molar-refractivity contribution in [3.05, 3.63) is 34.9 Å². The molecule has 1 aromatic carbocycles. The van der Waals surface area contributed by atoms with E-state index in [1.54, 1.807) is 5.57 Å². The third kappa shape index (κ3) is 5.08. The Kier molecular flexibility index (Phi) is 7.14. The third-order valence-corrected chi connectivity index (χ3v) is 7.41. The van der Waals surface area contributed by atoms with Crippen molar-refractivity contribution in [3.63, 3.8) is 0 Å². The third-order valence-electron chi connectivity index (χ3n) is 7.41. The Balaban J connectivity index is 1.47. The summed E-state index contributed by atoms with van der Waals surface area (Å²) in [4.78, 5) is 14.2. The van der Waals surface area contributed by atoms with Gasteiger partial charge in [-0.05, 0) is 87.9 Å². The number of amides is 1. The van der Waals surface area contributed by atoms with Crippen molar-refractivity contribution >= 4 is 11.6 Å². The Morgan fingerprint density at radius 1 is 1.03 bits per heavy atom. The van der Waals surface area contributed by atoms with Gasteiger partial charge < -0.3 is 10.4 Å². The van der Waals surface area contributed by atoms with E-state index >= 15 is 0 Å². The maximum absolute atomic E-state index is 11.6. The second kappa shape index (κ2) is 10.00. The van der Waals surface area contributed by atoms with Crippen LogP contribution in [0.2, 0.25) is 0 Å². The molecule has 0 radical (unpaired) electrons. The molecule has 4 rings (SSSR count). The van der Waals surface area contributed by atoms with E-state index in [-0.39, 0.29) is 5.91 Å². The molecule has 1 aromatic rings. The zero-order chi connectivity index (χ0) is 20.9. The lowest BCUT2D eigenvalue weighted by Crippen LogP contribution is -2.34. The summed E-state index contributed by atoms with van der Waals surface area (Å²) in [6.07, 6.45) is 16.2. The van der Waals surface area contributed by atoms with Crippen LogP contribution in [-0.2, 0) is 4.79 Å². The summed E-state index contributed by atoms with van der Waals surface area (Å²) in [5.74, 6) is 1.14. The molecular weight excluding hydrogens is 372 g/mol. The van der Waals surface area contributed by atoms with Crippen LogP contribution in [0, 0.1) is 0 Å². The van der Waals surface area contributed by atoms with Gasteiger partial charge in [0.05, 0.1) is 5.69 Å². The number of phenols is 1. The fourth-order valence-electron chi connectivity index (χ4n) is 5.83. The molecule has 1 aliphatic heterocycles. The molecule has 4 heteroatoms. The number of phenolic OH excluding ortho intramolecular Hbond substituents is 1. The van der Waals surface area contributed by atoms with Gasteiger partial charge in [-0.15, -0.1) is 0 Å². The summed E-state index contributed by atoms with van der Waals surface area (Å²) >= 11 is 0. The molecular formula is C26H38N2O2. The summed E-state index contributed by atoms with van der Waals surface area (Å²) in [5, 5.41) is 13.9. The molecule has 1 heterocycles. The zero-order valence-electron chi connectivity index (χ0n) is 18.6. The van der Waals surface area contributed by atoms with Crippen LogP contribution in [-0.4, -0.2) is 35.5 Å². The lowest BCUT2D eigenvalue weighted by Gasteiger charge is -2.34. The minimum atomic E-state index is -0.128. The first kappa shape index (κ1) is 21.4. The van der Waals surface area contributed by atoms with E-state index in [4.69, 9.17) is 0 Å². The minimum Gasteiger partial charge on any atom is -0.505 e. The molecule has 164 valence electrons. The average molecular weight is 411 g/mol. The fraction of sp³-hybridized carbons (Fsp3) is 0.654. The highest BCUT2D eigenvalue weighted by atomic mass is 16.3. The van der Waals surface area contributed by atoms with Crippen molar-refractivity contribution in [1.82, 2.24) is 4.90 Å². The van der Waals surface area contributed by atoms with Gasteiger partial charge in [0.25, 0.3) is 0 Å². The first-order valence-corrected chi connectivity index (χ1v) is 12.2. The normalized spacial score (nSPS) is 22.0. The van der Waals surface area contributed by atoms with Crippen LogP contribution >= 0.6 is 0 Å². The van der Waals surface area contributed by atoms with Crippen LogP contribution in [0.3, 0.4) is 0 Å². The maximum Gasteiger partial charge on any atom is 0.221 e. The number of nitrogens with zero attached hydrogens (tertiary/aromatic N) is 1. The molecule has 2 N–H and O–H groups in total. The number of piperidine rings is 1. The summed E-state index contributed by atoms with van der Waals surface area (Å²) in [6.45, 7) is 4.93. The highest BCUT2D eigenvalue weighted by Gasteiger charge is 2.30. The number of carbonyl (C=O) groups is 1. The Morgan fingerprint density at radius 3 is 2.53 bits per heavy atom. The second-order valence-corrected chi connectivity index (χ2v) is 9.64. The molecule has 1 saturated carbocycles. The largest absolute Gasteiger partial charge is 0.505 e. The van der Waals surface area contributed by atoms with Crippen LogP contribution in [0.15, 0.2) is 23.8 Å². The minimum absolute atomic E-state index is 0.128. The molecule has 2 fully saturated rings. The average Bonchev–Trinajstić information content (AvgIpc) is 3.14. The molecule has 0 aromatic heterocycles. The number of allylic oxidation sites excluding steroid dienone is 1. The van der Waals surface area contributed by atoms with Crippen molar-refractivity contribution in [3.8, 4) is 5.75 Å². The summed E-state index contributed by atoms with van der Waals surface area (Å²) in [6, 6.07) is 4.10. The van der Waals surface area contributed by atoms with E-state index in [0.717, 1.165) is 50.9 Å². The van der Waals surface area contributed by atoms with E-state index in [2.05, 4.69) is 22.4 Å². The number of likely N-dealkylation sites (tertiary alicyclic amines) is 1. The predicted molar refractivity (Wildman–Crippen MR) is 123 cm³/mol. The van der Waals surface area contributed by atoms with Gasteiger partial charge in [0.1, 0.15) is 5.75 Å². The first-order chi connectivity index (χ1) is 14.6. The van der Waals surface area contributed by atoms with Gasteiger partial charge in [-0.25, -0.2) is 0 Å². The van der Waals surface area contributed by atoms with Gasteiger partial charge >= 0.3 is 0 Å². The fourth-order valence-corrected chi connectivity index (χ4v) is 5.83. The number of aromatic hydroxyl groups is 1. The lowest BCUT2D eigenvalue weighted by molar-refractivity contribution is -0.114. The van der Waals surface area contributed by atoms with Crippen LogP contribution in [0.4, 0.5) is 5.69 Å². The van der Waals surface area contributed by atoms with Crippen molar-refractivity contribution in [1.29, 1.82) is 0 Å². The van der Waals surface area contributed by atoms with Gasteiger partial charge in [-0.1, -0.05) is 37.0 Å².